The van der Waals surface area contributed by atoms with Gasteiger partial charge in [-0.3, -0.25) is 9.69 Å². The van der Waals surface area contributed by atoms with Gasteiger partial charge in [0.2, 0.25) is 11.6 Å². The van der Waals surface area contributed by atoms with Crippen LogP contribution in [0.3, 0.4) is 0 Å². The Morgan fingerprint density at radius 1 is 1.06 bits per heavy atom. The lowest BCUT2D eigenvalue weighted by atomic mass is 10.3. The second-order valence-corrected chi connectivity index (χ2v) is 7.78. The van der Waals surface area contributed by atoms with E-state index in [-0.39, 0.29) is 24.8 Å². The number of hydrogen-bond acceptors (Lipinski definition) is 7. The summed E-state index contributed by atoms with van der Waals surface area (Å²) < 4.78 is 12.6. The van der Waals surface area contributed by atoms with E-state index in [1.54, 1.807) is 22.7 Å². The number of benzene rings is 2. The second-order valence-electron chi connectivity index (χ2n) is 6.94. The Balaban J connectivity index is 1.56. The number of anilines is 2. The van der Waals surface area contributed by atoms with Gasteiger partial charge in [-0.1, -0.05) is 36.4 Å². The number of esters is 1. The van der Waals surface area contributed by atoms with E-state index in [9.17, 15) is 9.59 Å². The van der Waals surface area contributed by atoms with Crippen molar-refractivity contribution >= 4 is 34.0 Å². The Bertz CT molecular complexity index is 1240. The summed E-state index contributed by atoms with van der Waals surface area (Å²) in [5.41, 5.74) is 2.24. The number of thiazole rings is 1. The lowest BCUT2D eigenvalue weighted by molar-refractivity contribution is -0.115. The monoisotopic (exact) mass is 462 g/mol. The van der Waals surface area contributed by atoms with Crippen LogP contribution in [0.4, 0.5) is 10.8 Å². The van der Waals surface area contributed by atoms with Crippen LogP contribution in [0.1, 0.15) is 30.0 Å². The summed E-state index contributed by atoms with van der Waals surface area (Å²) in [5.74, 6) is -0.414. The lowest BCUT2D eigenvalue weighted by Crippen LogP contribution is -2.22. The fourth-order valence-corrected chi connectivity index (χ4v) is 4.01. The average Bonchev–Trinajstić information content (AvgIpc) is 3.46. The summed E-state index contributed by atoms with van der Waals surface area (Å²) in [6, 6.07) is 18.7. The minimum absolute atomic E-state index is 0.0887. The lowest BCUT2D eigenvalue weighted by Gasteiger charge is -2.17. The van der Waals surface area contributed by atoms with Crippen molar-refractivity contribution in [1.82, 2.24) is 14.8 Å². The van der Waals surface area contributed by atoms with E-state index in [0.29, 0.717) is 16.6 Å². The van der Waals surface area contributed by atoms with Gasteiger partial charge >= 0.3 is 5.97 Å². The summed E-state index contributed by atoms with van der Waals surface area (Å²) >= 11 is 1.34. The zero-order chi connectivity index (χ0) is 23.2. The molecule has 0 saturated heterocycles. The van der Waals surface area contributed by atoms with Crippen LogP contribution in [0.5, 0.6) is 5.75 Å². The van der Waals surface area contributed by atoms with Crippen molar-refractivity contribution in [2.45, 2.75) is 20.5 Å². The van der Waals surface area contributed by atoms with E-state index < -0.39 is 5.97 Å². The van der Waals surface area contributed by atoms with Crippen LogP contribution in [0, 0.1) is 0 Å². The van der Waals surface area contributed by atoms with Crippen LogP contribution >= 0.6 is 11.3 Å². The summed E-state index contributed by atoms with van der Waals surface area (Å²) in [6.45, 7) is 3.56. The zero-order valence-corrected chi connectivity index (χ0v) is 19.0. The van der Waals surface area contributed by atoms with Gasteiger partial charge in [0, 0.05) is 12.3 Å². The molecular formula is C24H22N4O4S. The van der Waals surface area contributed by atoms with Crippen molar-refractivity contribution < 1.29 is 19.1 Å². The average molecular weight is 463 g/mol. The van der Waals surface area contributed by atoms with Crippen LogP contribution in [-0.4, -0.2) is 33.2 Å². The SMILES string of the molecule is CCOC(=O)c1nn(-c2ccccc2)cc1OCc1csc(N(C(C)=O)c2ccccc2)n1. The van der Waals surface area contributed by atoms with E-state index in [2.05, 4.69) is 10.1 Å². The Labute approximate surface area is 195 Å². The molecule has 0 bridgehead atoms. The molecule has 0 aliphatic rings. The van der Waals surface area contributed by atoms with Gasteiger partial charge in [-0.05, 0) is 31.2 Å². The predicted molar refractivity (Wildman–Crippen MR) is 125 cm³/mol. The second kappa shape index (κ2) is 10.1. The molecule has 9 heteroatoms. The molecule has 33 heavy (non-hydrogen) atoms. The largest absolute Gasteiger partial charge is 0.483 e. The van der Waals surface area contributed by atoms with Gasteiger partial charge in [0.1, 0.15) is 6.61 Å². The van der Waals surface area contributed by atoms with Crippen molar-refractivity contribution in [2.24, 2.45) is 0 Å². The van der Waals surface area contributed by atoms with E-state index in [1.165, 1.54) is 18.3 Å². The fraction of sp³-hybridized carbons (Fsp3) is 0.167. The molecule has 0 aliphatic carbocycles. The summed E-state index contributed by atoms with van der Waals surface area (Å²) in [6.07, 6.45) is 1.64. The number of aromatic nitrogens is 3. The Hall–Kier alpha value is -3.98. The van der Waals surface area contributed by atoms with Crippen molar-refractivity contribution in [3.63, 3.8) is 0 Å². The molecule has 8 nitrogen and oxygen atoms in total. The summed E-state index contributed by atoms with van der Waals surface area (Å²) in [7, 11) is 0. The number of carbonyl (C=O) groups excluding carboxylic acids is 2. The van der Waals surface area contributed by atoms with Crippen LogP contribution in [-0.2, 0) is 16.1 Å². The molecule has 2 heterocycles. The number of ether oxygens (including phenoxy) is 2. The topological polar surface area (TPSA) is 86.5 Å². The van der Waals surface area contributed by atoms with Crippen molar-refractivity contribution in [3.05, 3.63) is 83.6 Å². The third kappa shape index (κ3) is 5.09. The quantitative estimate of drug-likeness (QED) is 0.351. The highest BCUT2D eigenvalue weighted by atomic mass is 32.1. The molecule has 0 spiro atoms. The molecule has 0 saturated carbocycles. The minimum atomic E-state index is -0.562. The normalized spacial score (nSPS) is 10.6. The predicted octanol–water partition coefficient (Wildman–Crippen LogP) is 4.77. The first kappa shape index (κ1) is 22.2. The van der Waals surface area contributed by atoms with E-state index >= 15 is 0 Å². The van der Waals surface area contributed by atoms with Crippen LogP contribution in [0.2, 0.25) is 0 Å². The Morgan fingerprint density at radius 3 is 2.42 bits per heavy atom. The molecule has 2 aromatic carbocycles. The molecule has 4 rings (SSSR count). The maximum absolute atomic E-state index is 12.4. The standard InChI is InChI=1S/C24H22N4O4S/c1-3-31-23(30)22-21(14-27(26-22)19-10-6-4-7-11-19)32-15-18-16-33-24(25-18)28(17(2)29)20-12-8-5-9-13-20/h4-14,16H,3,15H2,1-2H3. The first-order valence-corrected chi connectivity index (χ1v) is 11.2. The first-order valence-electron chi connectivity index (χ1n) is 10.3. The first-order chi connectivity index (χ1) is 16.1. The highest BCUT2D eigenvalue weighted by Gasteiger charge is 2.22. The van der Waals surface area contributed by atoms with Crippen LogP contribution < -0.4 is 9.64 Å². The number of carbonyl (C=O) groups is 2. The van der Waals surface area contributed by atoms with Crippen LogP contribution in [0.15, 0.2) is 72.2 Å². The molecule has 0 aliphatic heterocycles. The van der Waals surface area contributed by atoms with Gasteiger partial charge in [-0.25, -0.2) is 14.5 Å². The Morgan fingerprint density at radius 2 is 1.76 bits per heavy atom. The van der Waals surface area contributed by atoms with Crippen molar-refractivity contribution in [1.29, 1.82) is 0 Å². The number of hydrogen-bond donors (Lipinski definition) is 0. The van der Waals surface area contributed by atoms with Gasteiger partial charge in [0.05, 0.1) is 29.9 Å². The van der Waals surface area contributed by atoms with Crippen molar-refractivity contribution in [3.8, 4) is 11.4 Å². The molecule has 0 unspecified atom stereocenters. The minimum Gasteiger partial charge on any atom is -0.483 e. The fourth-order valence-electron chi connectivity index (χ4n) is 3.14. The van der Waals surface area contributed by atoms with E-state index in [0.717, 1.165) is 11.4 Å². The molecule has 1 amide bonds. The third-order valence-electron chi connectivity index (χ3n) is 4.61. The number of nitrogens with zero attached hydrogens (tertiary/aromatic N) is 4. The summed E-state index contributed by atoms with van der Waals surface area (Å²) in [4.78, 5) is 30.8. The van der Waals surface area contributed by atoms with Crippen LogP contribution in [0.25, 0.3) is 5.69 Å². The molecule has 0 N–H and O–H groups in total. The smallest absolute Gasteiger partial charge is 0.362 e. The maximum Gasteiger partial charge on any atom is 0.362 e. The highest BCUT2D eigenvalue weighted by molar-refractivity contribution is 7.14. The van der Waals surface area contributed by atoms with Gasteiger partial charge in [0.15, 0.2) is 10.9 Å². The molecule has 0 atom stereocenters. The zero-order valence-electron chi connectivity index (χ0n) is 18.2. The highest BCUT2D eigenvalue weighted by Crippen LogP contribution is 2.29. The number of rotatable bonds is 8. The number of para-hydroxylation sites is 2. The van der Waals surface area contributed by atoms with Gasteiger partial charge < -0.3 is 9.47 Å². The Kier molecular flexibility index (Phi) is 6.80. The van der Waals surface area contributed by atoms with Gasteiger partial charge in [0.25, 0.3) is 0 Å². The molecule has 4 aromatic rings. The van der Waals surface area contributed by atoms with Gasteiger partial charge in [-0.15, -0.1) is 11.3 Å². The molecule has 168 valence electrons. The van der Waals surface area contributed by atoms with Crippen molar-refractivity contribution in [2.75, 3.05) is 11.5 Å². The third-order valence-corrected chi connectivity index (χ3v) is 5.48. The molecule has 2 aromatic heterocycles. The molecule has 0 fully saturated rings. The summed E-state index contributed by atoms with van der Waals surface area (Å²) in [5, 5.41) is 6.71. The maximum atomic E-state index is 12.4. The van der Waals surface area contributed by atoms with Gasteiger partial charge in [-0.2, -0.15) is 5.10 Å². The molecule has 0 radical (unpaired) electrons. The molecular weight excluding hydrogens is 440 g/mol. The van der Waals surface area contributed by atoms with E-state index in [1.807, 2.05) is 66.0 Å². The number of amides is 1. The van der Waals surface area contributed by atoms with E-state index in [4.69, 9.17) is 9.47 Å².